The Balaban J connectivity index is 1.41. The number of methoxy groups -OCH3 is 1. The van der Waals surface area contributed by atoms with Crippen LogP contribution in [-0.2, 0) is 6.18 Å². The van der Waals surface area contributed by atoms with Crippen molar-refractivity contribution in [1.29, 1.82) is 0 Å². The number of hydrogen-bond acceptors (Lipinski definition) is 5. The average Bonchev–Trinajstić information content (AvgIpc) is 2.71. The minimum Gasteiger partial charge on any atom is -0.497 e. The number of piperazine rings is 1. The molecule has 2 aromatic rings. The van der Waals surface area contributed by atoms with Crippen molar-refractivity contribution >= 4 is 17.4 Å². The first-order valence-electron chi connectivity index (χ1n) is 9.34. The third kappa shape index (κ3) is 5.90. The van der Waals surface area contributed by atoms with Crippen LogP contribution in [0.5, 0.6) is 11.5 Å². The van der Waals surface area contributed by atoms with Crippen LogP contribution in [0.1, 0.15) is 12.0 Å². The average molecular weight is 430 g/mol. The monoisotopic (exact) mass is 429 g/mol. The minimum absolute atomic E-state index is 0.0289. The molecule has 5 nitrogen and oxygen atoms in total. The van der Waals surface area contributed by atoms with Gasteiger partial charge in [0, 0.05) is 38.9 Å². The van der Waals surface area contributed by atoms with Gasteiger partial charge < -0.3 is 14.4 Å². The maximum atomic E-state index is 12.7. The Labute approximate surface area is 173 Å². The van der Waals surface area contributed by atoms with Crippen LogP contribution < -0.4 is 14.4 Å². The molecule has 0 radical (unpaired) electrons. The van der Waals surface area contributed by atoms with E-state index in [1.165, 1.54) is 0 Å². The van der Waals surface area contributed by atoms with E-state index in [9.17, 15) is 13.2 Å². The van der Waals surface area contributed by atoms with Gasteiger partial charge in [-0.3, -0.25) is 4.90 Å². The fourth-order valence-electron chi connectivity index (χ4n) is 3.15. The van der Waals surface area contributed by atoms with Crippen molar-refractivity contribution in [2.75, 3.05) is 51.3 Å². The summed E-state index contributed by atoms with van der Waals surface area (Å²) in [5, 5.41) is 0.0289. The molecule has 0 amide bonds. The third-order valence-electron chi connectivity index (χ3n) is 4.77. The van der Waals surface area contributed by atoms with Gasteiger partial charge in [-0.05, 0) is 36.8 Å². The van der Waals surface area contributed by atoms with Crippen LogP contribution in [0.25, 0.3) is 0 Å². The van der Waals surface area contributed by atoms with Gasteiger partial charge in [0.2, 0.25) is 0 Å². The number of alkyl halides is 3. The van der Waals surface area contributed by atoms with Crippen LogP contribution in [-0.4, -0.2) is 56.3 Å². The van der Waals surface area contributed by atoms with E-state index in [0.717, 1.165) is 49.8 Å². The lowest BCUT2D eigenvalue weighted by Crippen LogP contribution is -2.47. The number of ether oxygens (including phenoxy) is 2. The predicted octanol–water partition coefficient (Wildman–Crippen LogP) is 4.35. The van der Waals surface area contributed by atoms with E-state index >= 15 is 0 Å². The molecule has 0 spiro atoms. The Morgan fingerprint density at radius 2 is 1.72 bits per heavy atom. The van der Waals surface area contributed by atoms with Crippen molar-refractivity contribution in [2.24, 2.45) is 0 Å². The first-order chi connectivity index (χ1) is 13.9. The summed E-state index contributed by atoms with van der Waals surface area (Å²) in [6.45, 7) is 4.41. The third-order valence-corrected chi connectivity index (χ3v) is 5.05. The molecule has 1 aliphatic heterocycles. The molecule has 0 saturated carbocycles. The molecule has 3 rings (SSSR count). The highest BCUT2D eigenvalue weighted by Crippen LogP contribution is 2.33. The van der Waals surface area contributed by atoms with Crippen LogP contribution in [0.3, 0.4) is 0 Å². The number of halogens is 4. The number of hydrogen-bond donors (Lipinski definition) is 0. The summed E-state index contributed by atoms with van der Waals surface area (Å²) in [6, 6.07) is 8.40. The van der Waals surface area contributed by atoms with Gasteiger partial charge in [-0.15, -0.1) is 0 Å². The van der Waals surface area contributed by atoms with Gasteiger partial charge in [-0.25, -0.2) is 4.98 Å². The van der Waals surface area contributed by atoms with Crippen molar-refractivity contribution in [3.05, 3.63) is 47.1 Å². The second kappa shape index (κ2) is 9.54. The quantitative estimate of drug-likeness (QED) is 0.612. The molecule has 158 valence electrons. The fourth-order valence-corrected chi connectivity index (χ4v) is 3.44. The molecule has 1 fully saturated rings. The highest BCUT2D eigenvalue weighted by Gasteiger charge is 2.32. The lowest BCUT2D eigenvalue weighted by atomic mass is 10.2. The number of anilines is 1. The van der Waals surface area contributed by atoms with E-state index in [1.807, 2.05) is 29.2 Å². The van der Waals surface area contributed by atoms with Gasteiger partial charge in [0.05, 0.1) is 24.3 Å². The van der Waals surface area contributed by atoms with E-state index in [0.29, 0.717) is 25.5 Å². The molecule has 0 bridgehead atoms. The largest absolute Gasteiger partial charge is 0.497 e. The summed E-state index contributed by atoms with van der Waals surface area (Å²) < 4.78 is 49.1. The molecule has 0 N–H and O–H groups in total. The van der Waals surface area contributed by atoms with Crippen LogP contribution in [0.4, 0.5) is 19.0 Å². The summed E-state index contributed by atoms with van der Waals surface area (Å²) >= 11 is 6.04. The molecule has 1 aromatic carbocycles. The molecule has 29 heavy (non-hydrogen) atoms. The number of benzene rings is 1. The maximum absolute atomic E-state index is 12.7. The van der Waals surface area contributed by atoms with Crippen molar-refractivity contribution in [2.45, 2.75) is 12.6 Å². The number of nitrogens with zero attached hydrogens (tertiary/aromatic N) is 3. The van der Waals surface area contributed by atoms with E-state index in [2.05, 4.69) is 9.88 Å². The molecule has 1 aliphatic rings. The van der Waals surface area contributed by atoms with E-state index in [1.54, 1.807) is 7.11 Å². The van der Waals surface area contributed by atoms with Crippen molar-refractivity contribution < 1.29 is 22.6 Å². The molecular weight excluding hydrogens is 407 g/mol. The Morgan fingerprint density at radius 3 is 2.31 bits per heavy atom. The van der Waals surface area contributed by atoms with Gasteiger partial charge in [-0.2, -0.15) is 13.2 Å². The lowest BCUT2D eigenvalue weighted by Gasteiger charge is -2.35. The van der Waals surface area contributed by atoms with Crippen molar-refractivity contribution in [3.63, 3.8) is 0 Å². The molecule has 1 saturated heterocycles. The summed E-state index contributed by atoms with van der Waals surface area (Å²) in [5.74, 6) is 2.00. The molecule has 1 aromatic heterocycles. The number of pyridine rings is 1. The SMILES string of the molecule is COc1ccc(OCCCN2CCN(c3ncc(C(F)(F)F)cc3Cl)CC2)cc1. The second-order valence-corrected chi connectivity index (χ2v) is 7.14. The zero-order valence-corrected chi connectivity index (χ0v) is 16.8. The van der Waals surface area contributed by atoms with Crippen molar-refractivity contribution in [3.8, 4) is 11.5 Å². The highest BCUT2D eigenvalue weighted by atomic mass is 35.5. The smallest absolute Gasteiger partial charge is 0.417 e. The standard InChI is InChI=1S/C20H23ClF3N3O2/c1-28-16-3-5-17(6-4-16)29-12-2-7-26-8-10-27(11-9-26)19-18(21)13-15(14-25-19)20(22,23)24/h3-6,13-14H,2,7-12H2,1H3. The lowest BCUT2D eigenvalue weighted by molar-refractivity contribution is -0.137. The summed E-state index contributed by atoms with van der Waals surface area (Å²) in [4.78, 5) is 8.16. The van der Waals surface area contributed by atoms with E-state index in [-0.39, 0.29) is 5.02 Å². The highest BCUT2D eigenvalue weighted by molar-refractivity contribution is 6.33. The summed E-state index contributed by atoms with van der Waals surface area (Å²) in [7, 11) is 1.62. The van der Waals surface area contributed by atoms with Gasteiger partial charge in [0.15, 0.2) is 0 Å². The molecule has 0 aliphatic carbocycles. The molecule has 9 heteroatoms. The van der Waals surface area contributed by atoms with E-state index in [4.69, 9.17) is 21.1 Å². The van der Waals surface area contributed by atoms with Gasteiger partial charge in [-0.1, -0.05) is 11.6 Å². The molecule has 0 unspecified atom stereocenters. The van der Waals surface area contributed by atoms with E-state index < -0.39 is 11.7 Å². The summed E-state index contributed by atoms with van der Waals surface area (Å²) in [5.41, 5.74) is -0.832. The zero-order chi connectivity index (χ0) is 20.9. The van der Waals surface area contributed by atoms with Crippen LogP contribution >= 0.6 is 11.6 Å². The molecule has 0 atom stereocenters. The van der Waals surface area contributed by atoms with Crippen molar-refractivity contribution in [1.82, 2.24) is 9.88 Å². The predicted molar refractivity (Wildman–Crippen MR) is 106 cm³/mol. The Bertz CT molecular complexity index is 795. The number of aromatic nitrogens is 1. The zero-order valence-electron chi connectivity index (χ0n) is 16.1. The van der Waals surface area contributed by atoms with Gasteiger partial charge >= 0.3 is 6.18 Å². The number of rotatable bonds is 7. The Morgan fingerprint density at radius 1 is 1.07 bits per heavy atom. The normalized spacial score (nSPS) is 15.4. The second-order valence-electron chi connectivity index (χ2n) is 6.73. The van der Waals surface area contributed by atoms with Gasteiger partial charge in [0.1, 0.15) is 17.3 Å². The first-order valence-corrected chi connectivity index (χ1v) is 9.71. The maximum Gasteiger partial charge on any atom is 0.417 e. The molecular formula is C20H23ClF3N3O2. The Hall–Kier alpha value is -2.19. The van der Waals surface area contributed by atoms with Crippen LogP contribution in [0.2, 0.25) is 5.02 Å². The van der Waals surface area contributed by atoms with Crippen LogP contribution in [0, 0.1) is 0 Å². The van der Waals surface area contributed by atoms with Gasteiger partial charge in [0.25, 0.3) is 0 Å². The minimum atomic E-state index is -4.44. The van der Waals surface area contributed by atoms with Crippen LogP contribution in [0.15, 0.2) is 36.5 Å². The summed E-state index contributed by atoms with van der Waals surface area (Å²) in [6.07, 6.45) is -2.73. The first kappa shape index (κ1) is 21.5. The topological polar surface area (TPSA) is 37.8 Å². The molecule has 2 heterocycles. The Kier molecular flexibility index (Phi) is 7.08. The fraction of sp³-hybridized carbons (Fsp3) is 0.450.